The van der Waals surface area contributed by atoms with E-state index in [1.807, 2.05) is 0 Å². The minimum atomic E-state index is -0.646. The Morgan fingerprint density at radius 2 is 2.30 bits per heavy atom. The molecule has 0 saturated carbocycles. The van der Waals surface area contributed by atoms with Gasteiger partial charge in [-0.15, -0.1) is 0 Å². The second-order valence-electron chi connectivity index (χ2n) is 4.47. The van der Waals surface area contributed by atoms with Crippen LogP contribution in [-0.2, 0) is 9.59 Å². The number of carbonyl (C=O) groups excluding carboxylic acids is 2. The number of nitrogens with zero attached hydrogens (tertiary/aromatic N) is 3. The van der Waals surface area contributed by atoms with Crippen molar-refractivity contribution in [3.63, 3.8) is 0 Å². The fourth-order valence-corrected chi connectivity index (χ4v) is 2.37. The highest BCUT2D eigenvalue weighted by molar-refractivity contribution is 9.10. The molecule has 20 heavy (non-hydrogen) atoms. The molecule has 1 aromatic heterocycles. The van der Waals surface area contributed by atoms with Crippen LogP contribution in [0.25, 0.3) is 0 Å². The average Bonchev–Trinajstić information content (AvgIpc) is 2.74. The average molecular weight is 343 g/mol. The number of anilines is 1. The van der Waals surface area contributed by atoms with E-state index in [9.17, 15) is 19.7 Å². The third-order valence-electron chi connectivity index (χ3n) is 3.19. The number of amides is 2. The third-order valence-corrected chi connectivity index (χ3v) is 3.99. The molecule has 0 spiro atoms. The SMILES string of the molecule is Cc1c(Br)cnc(N2CC(C(N)=O)CC2=O)c1[N+](=O)[O-]. The van der Waals surface area contributed by atoms with E-state index in [2.05, 4.69) is 20.9 Å². The first kappa shape index (κ1) is 14.4. The largest absolute Gasteiger partial charge is 0.369 e. The van der Waals surface area contributed by atoms with Crippen LogP contribution < -0.4 is 10.6 Å². The van der Waals surface area contributed by atoms with Crippen molar-refractivity contribution in [1.82, 2.24) is 4.98 Å². The summed E-state index contributed by atoms with van der Waals surface area (Å²) < 4.78 is 0.478. The monoisotopic (exact) mass is 342 g/mol. The molecule has 0 aromatic carbocycles. The highest BCUT2D eigenvalue weighted by Crippen LogP contribution is 2.36. The summed E-state index contributed by atoms with van der Waals surface area (Å²) in [4.78, 5) is 38.7. The van der Waals surface area contributed by atoms with Crippen molar-refractivity contribution in [2.24, 2.45) is 11.7 Å². The van der Waals surface area contributed by atoms with Crippen molar-refractivity contribution in [3.8, 4) is 0 Å². The summed E-state index contributed by atoms with van der Waals surface area (Å²) >= 11 is 3.16. The van der Waals surface area contributed by atoms with Gasteiger partial charge >= 0.3 is 5.69 Å². The lowest BCUT2D eigenvalue weighted by Gasteiger charge is -2.16. The first-order valence-corrected chi connectivity index (χ1v) is 6.51. The Labute approximate surface area is 122 Å². The lowest BCUT2D eigenvalue weighted by Crippen LogP contribution is -2.29. The molecule has 2 rings (SSSR count). The molecule has 0 bridgehead atoms. The number of halogens is 1. The molecular formula is C11H11BrN4O4. The number of nitrogens with two attached hydrogens (primary N) is 1. The minimum absolute atomic E-state index is 0.0169. The fraction of sp³-hybridized carbons (Fsp3) is 0.364. The lowest BCUT2D eigenvalue weighted by atomic mass is 10.1. The molecule has 8 nitrogen and oxygen atoms in total. The van der Waals surface area contributed by atoms with E-state index in [0.717, 1.165) is 4.90 Å². The molecule has 1 atom stereocenters. The number of rotatable bonds is 3. The van der Waals surface area contributed by atoms with E-state index in [1.54, 1.807) is 6.92 Å². The first-order valence-electron chi connectivity index (χ1n) is 5.72. The van der Waals surface area contributed by atoms with E-state index >= 15 is 0 Å². The van der Waals surface area contributed by atoms with Crippen LogP contribution in [0.4, 0.5) is 11.5 Å². The molecule has 1 aliphatic heterocycles. The summed E-state index contributed by atoms with van der Waals surface area (Å²) in [5, 5.41) is 11.2. The summed E-state index contributed by atoms with van der Waals surface area (Å²) in [6.07, 6.45) is 1.34. The molecule has 1 aromatic rings. The molecule has 1 saturated heterocycles. The van der Waals surface area contributed by atoms with E-state index in [-0.39, 0.29) is 24.5 Å². The van der Waals surface area contributed by atoms with Crippen LogP contribution in [-0.4, -0.2) is 28.3 Å². The maximum Gasteiger partial charge on any atom is 0.316 e. The van der Waals surface area contributed by atoms with Gasteiger partial charge in [-0.25, -0.2) is 4.98 Å². The van der Waals surface area contributed by atoms with Crippen LogP contribution in [0, 0.1) is 23.0 Å². The standard InChI is InChI=1S/C11H11BrN4O4/c1-5-7(12)3-14-11(9(5)16(19)20)15-4-6(10(13)18)2-8(15)17/h3,6H,2,4H2,1H3,(H2,13,18). The van der Waals surface area contributed by atoms with Gasteiger partial charge in [-0.1, -0.05) is 0 Å². The van der Waals surface area contributed by atoms with Gasteiger partial charge in [0.25, 0.3) is 0 Å². The maximum absolute atomic E-state index is 11.9. The van der Waals surface area contributed by atoms with Gasteiger partial charge < -0.3 is 5.73 Å². The number of hydrogen-bond donors (Lipinski definition) is 1. The Bertz CT molecular complexity index is 619. The first-order chi connectivity index (χ1) is 9.32. The molecule has 0 aliphatic carbocycles. The zero-order chi connectivity index (χ0) is 15.0. The van der Waals surface area contributed by atoms with E-state index < -0.39 is 22.7 Å². The van der Waals surface area contributed by atoms with Gasteiger partial charge in [-0.05, 0) is 22.9 Å². The number of primary amides is 1. The van der Waals surface area contributed by atoms with Crippen LogP contribution in [0.2, 0.25) is 0 Å². The van der Waals surface area contributed by atoms with Crippen molar-refractivity contribution in [3.05, 3.63) is 26.3 Å². The van der Waals surface area contributed by atoms with E-state index in [1.165, 1.54) is 6.20 Å². The molecule has 106 valence electrons. The molecule has 2 amide bonds. The normalized spacial score (nSPS) is 18.4. The molecule has 1 unspecified atom stereocenters. The van der Waals surface area contributed by atoms with Gasteiger partial charge in [0.15, 0.2) is 0 Å². The van der Waals surface area contributed by atoms with Crippen molar-refractivity contribution < 1.29 is 14.5 Å². The second kappa shape index (κ2) is 5.16. The number of nitro groups is 1. The molecule has 1 fully saturated rings. The molecular weight excluding hydrogens is 332 g/mol. The predicted octanol–water partition coefficient (Wildman–Crippen LogP) is 0.899. The number of carbonyl (C=O) groups is 2. The Morgan fingerprint density at radius 1 is 1.65 bits per heavy atom. The summed E-state index contributed by atoms with van der Waals surface area (Å²) in [5.74, 6) is -1.69. The predicted molar refractivity (Wildman–Crippen MR) is 73.0 cm³/mol. The van der Waals surface area contributed by atoms with Gasteiger partial charge in [-0.2, -0.15) is 0 Å². The highest BCUT2D eigenvalue weighted by atomic mass is 79.9. The molecule has 9 heteroatoms. The van der Waals surface area contributed by atoms with Crippen LogP contribution in [0.1, 0.15) is 12.0 Å². The summed E-state index contributed by atoms with van der Waals surface area (Å²) in [5.41, 5.74) is 5.29. The zero-order valence-electron chi connectivity index (χ0n) is 10.5. The van der Waals surface area contributed by atoms with E-state index in [4.69, 9.17) is 5.73 Å². The Balaban J connectivity index is 2.49. The van der Waals surface area contributed by atoms with Crippen LogP contribution >= 0.6 is 15.9 Å². The van der Waals surface area contributed by atoms with Crippen LogP contribution in [0.3, 0.4) is 0 Å². The smallest absolute Gasteiger partial charge is 0.316 e. The van der Waals surface area contributed by atoms with Crippen LogP contribution in [0.5, 0.6) is 0 Å². The highest BCUT2D eigenvalue weighted by Gasteiger charge is 2.38. The zero-order valence-corrected chi connectivity index (χ0v) is 12.1. The molecule has 2 heterocycles. The molecule has 1 aliphatic rings. The summed E-state index contributed by atoms with van der Waals surface area (Å²) in [6.45, 7) is 1.57. The quantitative estimate of drug-likeness (QED) is 0.646. The van der Waals surface area contributed by atoms with Gasteiger partial charge in [0.05, 0.1) is 10.8 Å². The number of hydrogen-bond acceptors (Lipinski definition) is 5. The van der Waals surface area contributed by atoms with E-state index in [0.29, 0.717) is 10.0 Å². The third kappa shape index (κ3) is 2.36. The summed E-state index contributed by atoms with van der Waals surface area (Å²) in [6, 6.07) is 0. The Hall–Kier alpha value is -2.03. The number of pyridine rings is 1. The van der Waals surface area contributed by atoms with Gasteiger partial charge in [-0.3, -0.25) is 24.6 Å². The Kier molecular flexibility index (Phi) is 3.71. The number of aromatic nitrogens is 1. The maximum atomic E-state index is 11.9. The van der Waals surface area contributed by atoms with Gasteiger partial charge in [0.2, 0.25) is 17.6 Å². The molecule has 2 N–H and O–H groups in total. The lowest BCUT2D eigenvalue weighted by molar-refractivity contribution is -0.384. The van der Waals surface area contributed by atoms with Gasteiger partial charge in [0, 0.05) is 29.2 Å². The van der Waals surface area contributed by atoms with Gasteiger partial charge in [0.1, 0.15) is 0 Å². The Morgan fingerprint density at radius 3 is 2.80 bits per heavy atom. The topological polar surface area (TPSA) is 119 Å². The van der Waals surface area contributed by atoms with Crippen LogP contribution in [0.15, 0.2) is 10.7 Å². The van der Waals surface area contributed by atoms with Crippen molar-refractivity contribution in [1.29, 1.82) is 0 Å². The van der Waals surface area contributed by atoms with Crippen molar-refractivity contribution >= 4 is 39.2 Å². The fourth-order valence-electron chi connectivity index (χ4n) is 2.08. The van der Waals surface area contributed by atoms with Crippen molar-refractivity contribution in [2.75, 3.05) is 11.4 Å². The van der Waals surface area contributed by atoms with Crippen molar-refractivity contribution in [2.45, 2.75) is 13.3 Å². The molecule has 0 radical (unpaired) electrons. The second-order valence-corrected chi connectivity index (χ2v) is 5.32. The minimum Gasteiger partial charge on any atom is -0.369 e. The summed E-state index contributed by atoms with van der Waals surface area (Å²) in [7, 11) is 0.